The molecule has 2 aliphatic heterocycles. The maximum absolute atomic E-state index is 14.5. The van der Waals surface area contributed by atoms with Crippen LogP contribution in [0.1, 0.15) is 132 Å². The molecule has 3 aliphatic rings. The quantitative estimate of drug-likeness (QED) is 0.0341. The molecule has 0 bridgehead atoms. The van der Waals surface area contributed by atoms with Gasteiger partial charge in [-0.05, 0) is 98.6 Å². The molecule has 0 fully saturated rings. The number of aryl methyl sites for hydroxylation is 1. The van der Waals surface area contributed by atoms with E-state index in [1.165, 1.54) is 4.90 Å². The maximum atomic E-state index is 14.5. The summed E-state index contributed by atoms with van der Waals surface area (Å²) in [6.45, 7) is 4.58. The monoisotopic (exact) mass is 781 g/mol. The SMILES string of the molecule is CCCCCCC(CCCCCC)N1C(=O)c2ccc3c4c5c6c(ccc5c5ccc(c2c35)C1=O)C(=O)N(Cc1ccc(-c2ccc(/C=N\C)cc2)cc1)C(=O)C=6CC4. The Hall–Kier alpha value is -5.95. The Morgan fingerprint density at radius 2 is 1.15 bits per heavy atom. The van der Waals surface area contributed by atoms with E-state index < -0.39 is 0 Å². The van der Waals surface area contributed by atoms with Crippen LogP contribution in [-0.4, -0.2) is 52.7 Å². The summed E-state index contributed by atoms with van der Waals surface area (Å²) in [6.07, 6.45) is 13.4. The number of imide groups is 2. The van der Waals surface area contributed by atoms with Crippen molar-refractivity contribution in [2.45, 2.75) is 103 Å². The number of fused-ring (bicyclic) bond motifs is 2. The number of unbranched alkanes of at least 4 members (excludes halogenated alkanes) is 6. The van der Waals surface area contributed by atoms with Crippen molar-refractivity contribution in [3.63, 3.8) is 0 Å². The molecule has 6 aromatic carbocycles. The van der Waals surface area contributed by atoms with Gasteiger partial charge < -0.3 is 0 Å². The number of carbonyl (C=O) groups excluding carboxylic acids is 4. The van der Waals surface area contributed by atoms with Gasteiger partial charge in [-0.1, -0.05) is 132 Å². The number of nitrogens with zero attached hydrogens (tertiary/aromatic N) is 3. The summed E-state index contributed by atoms with van der Waals surface area (Å²) in [5.41, 5.74) is 7.52. The molecule has 0 unspecified atom stereocenters. The Morgan fingerprint density at radius 1 is 0.576 bits per heavy atom. The average molecular weight is 782 g/mol. The molecule has 0 aromatic heterocycles. The molecule has 298 valence electrons. The van der Waals surface area contributed by atoms with Crippen molar-refractivity contribution >= 4 is 67.7 Å². The van der Waals surface area contributed by atoms with E-state index in [9.17, 15) is 19.2 Å². The molecule has 0 N–H and O–H groups in total. The van der Waals surface area contributed by atoms with Crippen LogP contribution in [0.25, 0.3) is 49.0 Å². The highest BCUT2D eigenvalue weighted by molar-refractivity contribution is 6.35. The van der Waals surface area contributed by atoms with Crippen LogP contribution in [-0.2, 0) is 17.8 Å². The first kappa shape index (κ1) is 38.6. The lowest BCUT2D eigenvalue weighted by Crippen LogP contribution is -2.47. The Balaban J connectivity index is 1.07. The molecular weight excluding hydrogens is 731 g/mol. The molecule has 9 rings (SSSR count). The fourth-order valence-corrected chi connectivity index (χ4v) is 10.1. The maximum Gasteiger partial charge on any atom is 0.261 e. The first-order valence-corrected chi connectivity index (χ1v) is 21.7. The van der Waals surface area contributed by atoms with E-state index in [1.54, 1.807) is 11.9 Å². The van der Waals surface area contributed by atoms with Gasteiger partial charge >= 0.3 is 0 Å². The van der Waals surface area contributed by atoms with Crippen molar-refractivity contribution in [1.82, 2.24) is 9.80 Å². The molecule has 59 heavy (non-hydrogen) atoms. The third-order valence-electron chi connectivity index (χ3n) is 13.1. The summed E-state index contributed by atoms with van der Waals surface area (Å²) in [5.74, 6) is -0.907. The lowest BCUT2D eigenvalue weighted by molar-refractivity contribution is -0.123. The zero-order chi connectivity index (χ0) is 40.8. The lowest BCUT2D eigenvalue weighted by Gasteiger charge is -2.35. The summed E-state index contributed by atoms with van der Waals surface area (Å²) in [6, 6.07) is 27.9. The molecule has 0 atom stereocenters. The van der Waals surface area contributed by atoms with Gasteiger partial charge in [-0.3, -0.25) is 34.0 Å². The third-order valence-corrected chi connectivity index (χ3v) is 13.1. The molecular formula is C52H51N3O4. The van der Waals surface area contributed by atoms with Gasteiger partial charge in [-0.2, -0.15) is 0 Å². The highest BCUT2D eigenvalue weighted by Gasteiger charge is 2.40. The van der Waals surface area contributed by atoms with Crippen molar-refractivity contribution in [3.8, 4) is 11.1 Å². The van der Waals surface area contributed by atoms with Crippen LogP contribution in [0.2, 0.25) is 0 Å². The molecule has 0 saturated heterocycles. The highest BCUT2D eigenvalue weighted by atomic mass is 16.2. The molecule has 0 spiro atoms. The second kappa shape index (κ2) is 16.0. The van der Waals surface area contributed by atoms with Gasteiger partial charge in [0.15, 0.2) is 0 Å². The highest BCUT2D eigenvalue weighted by Crippen LogP contribution is 2.44. The number of carbonyl (C=O) groups is 4. The Kier molecular flexibility index (Phi) is 10.5. The Bertz CT molecular complexity index is 2730. The number of rotatable bonds is 15. The average Bonchev–Trinajstić information content (AvgIpc) is 3.26. The smallest absolute Gasteiger partial charge is 0.261 e. The van der Waals surface area contributed by atoms with Gasteiger partial charge in [0.2, 0.25) is 0 Å². The van der Waals surface area contributed by atoms with E-state index >= 15 is 0 Å². The molecule has 1 aliphatic carbocycles. The number of aliphatic imine (C=N–C) groups is 1. The zero-order valence-electron chi connectivity index (χ0n) is 34.4. The predicted octanol–water partition coefficient (Wildman–Crippen LogP) is 10.8. The van der Waals surface area contributed by atoms with Crippen molar-refractivity contribution in [2.75, 3.05) is 7.05 Å². The molecule has 2 heterocycles. The van der Waals surface area contributed by atoms with Gasteiger partial charge in [0, 0.05) is 52.2 Å². The topological polar surface area (TPSA) is 87.1 Å². The first-order chi connectivity index (χ1) is 28.8. The van der Waals surface area contributed by atoms with Gasteiger partial charge in [0.25, 0.3) is 23.6 Å². The van der Waals surface area contributed by atoms with Gasteiger partial charge in [-0.15, -0.1) is 0 Å². The van der Waals surface area contributed by atoms with Gasteiger partial charge in [0.05, 0.1) is 6.54 Å². The Labute approximate surface area is 345 Å². The minimum Gasteiger partial charge on any atom is -0.296 e. The van der Waals surface area contributed by atoms with Crippen LogP contribution in [0, 0.1) is 0 Å². The van der Waals surface area contributed by atoms with Crippen LogP contribution in [0.4, 0.5) is 0 Å². The van der Waals surface area contributed by atoms with Crippen molar-refractivity contribution in [3.05, 3.63) is 124 Å². The van der Waals surface area contributed by atoms with Crippen LogP contribution in [0.5, 0.6) is 0 Å². The van der Waals surface area contributed by atoms with E-state index in [1.807, 2.05) is 79.0 Å². The lowest BCUT2D eigenvalue weighted by atomic mass is 9.78. The van der Waals surface area contributed by atoms with Crippen molar-refractivity contribution < 1.29 is 19.2 Å². The van der Waals surface area contributed by atoms with Crippen LogP contribution < -0.4 is 5.22 Å². The second-order valence-electron chi connectivity index (χ2n) is 16.7. The van der Waals surface area contributed by atoms with Crippen molar-refractivity contribution in [2.24, 2.45) is 4.99 Å². The number of hydrogen-bond acceptors (Lipinski definition) is 5. The van der Waals surface area contributed by atoms with E-state index in [2.05, 4.69) is 31.0 Å². The van der Waals surface area contributed by atoms with E-state index in [4.69, 9.17) is 0 Å². The third kappa shape index (κ3) is 6.55. The number of amides is 4. The summed E-state index contributed by atoms with van der Waals surface area (Å²) >= 11 is 0. The van der Waals surface area contributed by atoms with Gasteiger partial charge in [-0.25, -0.2) is 0 Å². The molecule has 6 aromatic rings. The molecule has 4 amide bonds. The first-order valence-electron chi connectivity index (χ1n) is 21.7. The van der Waals surface area contributed by atoms with Crippen LogP contribution in [0.3, 0.4) is 0 Å². The van der Waals surface area contributed by atoms with E-state index in [0.29, 0.717) is 35.1 Å². The minimum absolute atomic E-state index is 0.119. The molecule has 0 saturated carbocycles. The fraction of sp³-hybridized carbons (Fsp3) is 0.327. The normalized spacial score (nSPS) is 15.1. The second-order valence-corrected chi connectivity index (χ2v) is 16.7. The van der Waals surface area contributed by atoms with Crippen LogP contribution in [0.15, 0.2) is 89.9 Å². The fourth-order valence-electron chi connectivity index (χ4n) is 10.1. The van der Waals surface area contributed by atoms with Crippen LogP contribution >= 0.6 is 0 Å². The molecule has 0 radical (unpaired) electrons. The minimum atomic E-state index is -0.290. The number of benzene rings is 6. The molecule has 7 nitrogen and oxygen atoms in total. The van der Waals surface area contributed by atoms with Gasteiger partial charge in [0.1, 0.15) is 0 Å². The summed E-state index contributed by atoms with van der Waals surface area (Å²) in [4.78, 5) is 64.7. The summed E-state index contributed by atoms with van der Waals surface area (Å²) < 4.78 is 0. The molecule has 7 heteroatoms. The largest absolute Gasteiger partial charge is 0.296 e. The number of hydrogen-bond donors (Lipinski definition) is 0. The van der Waals surface area contributed by atoms with E-state index in [0.717, 1.165) is 130 Å². The van der Waals surface area contributed by atoms with Crippen molar-refractivity contribution in [1.29, 1.82) is 0 Å². The van der Waals surface area contributed by atoms with E-state index in [-0.39, 0.29) is 36.2 Å². The Morgan fingerprint density at radius 3 is 1.76 bits per heavy atom. The summed E-state index contributed by atoms with van der Waals surface area (Å²) in [7, 11) is 1.76. The standard InChI is InChI=1S/C52H51N3O4/c1-4-6-8-10-12-36(13-11-9-7-5-2)55-51(58)43-28-24-39-37-22-26-41-47-42(27-23-38(45(37)47)40-25-29-44(52(55)59)48(43)46(39)40)50(57)54(49(41)56)31-33-16-20-35(21-17-33)34-18-14-32(15-19-34)30-53-3/h14-22,24-26,28-30,36H,4-13,23,27,31H2,1-3H3/b53-30-. The summed E-state index contributed by atoms with van der Waals surface area (Å²) in [5, 5.41) is 6.21. The predicted molar refractivity (Wildman–Crippen MR) is 238 cm³/mol. The zero-order valence-corrected chi connectivity index (χ0v) is 34.4.